The molecule has 0 bridgehead atoms. The van der Waals surface area contributed by atoms with Gasteiger partial charge in [0.2, 0.25) is 10.0 Å². The summed E-state index contributed by atoms with van der Waals surface area (Å²) in [7, 11) is -2.46. The first-order valence-electron chi connectivity index (χ1n) is 6.95. The third kappa shape index (κ3) is 7.25. The van der Waals surface area contributed by atoms with Gasteiger partial charge in [-0.15, -0.1) is 4.33 Å². The fourth-order valence-electron chi connectivity index (χ4n) is 2.37. The zero-order valence-corrected chi connectivity index (χ0v) is 14.6. The molecule has 0 aromatic carbocycles. The van der Waals surface area contributed by atoms with Crippen LogP contribution in [0.4, 0.5) is 0 Å². The van der Waals surface area contributed by atoms with Crippen LogP contribution in [-0.4, -0.2) is 38.7 Å². The highest BCUT2D eigenvalue weighted by Crippen LogP contribution is 2.35. The largest absolute Gasteiger partial charge is 0.458 e. The Morgan fingerprint density at radius 2 is 1.95 bits per heavy atom. The van der Waals surface area contributed by atoms with E-state index in [2.05, 4.69) is 19.0 Å². The second kappa shape index (κ2) is 9.04. The van der Waals surface area contributed by atoms with E-state index in [9.17, 15) is 13.2 Å². The van der Waals surface area contributed by atoms with Gasteiger partial charge in [0.05, 0.1) is 19.2 Å². The van der Waals surface area contributed by atoms with Crippen LogP contribution in [0.5, 0.6) is 0 Å². The minimum atomic E-state index is -3.68. The van der Waals surface area contributed by atoms with Gasteiger partial charge >= 0.3 is 5.97 Å². The second-order valence-electron chi connectivity index (χ2n) is 5.53. The van der Waals surface area contributed by atoms with Gasteiger partial charge in [-0.1, -0.05) is 17.9 Å². The fraction of sp³-hybridized carbons (Fsp3) is 0.917. The Hall–Kier alpha value is -0.390. The molecule has 0 atom stereocenters. The first-order valence-corrected chi connectivity index (χ1v) is 9.51. The van der Waals surface area contributed by atoms with E-state index < -0.39 is 33.2 Å². The maximum Gasteiger partial charge on any atom is 0.321 e. The fourth-order valence-corrected chi connectivity index (χ4v) is 3.80. The van der Waals surface area contributed by atoms with Gasteiger partial charge in [-0.05, 0) is 32.6 Å². The molecule has 1 rings (SSSR count). The molecule has 1 saturated carbocycles. The molecule has 1 aliphatic carbocycles. The molecule has 0 aromatic heterocycles. The molecule has 0 saturated heterocycles. The predicted octanol–water partition coefficient (Wildman–Crippen LogP) is 1.53. The molecule has 1 fully saturated rings. The van der Waals surface area contributed by atoms with Crippen LogP contribution in [0.1, 0.15) is 39.5 Å². The Morgan fingerprint density at radius 3 is 2.55 bits per heavy atom. The zero-order chi connectivity index (χ0) is 16.6. The molecule has 8 nitrogen and oxygen atoms in total. The molecule has 10 heteroatoms. The first-order chi connectivity index (χ1) is 10.3. The monoisotopic (exact) mass is 357 g/mol. The van der Waals surface area contributed by atoms with Crippen molar-refractivity contribution in [1.29, 1.82) is 0 Å². The van der Waals surface area contributed by atoms with Crippen LogP contribution in [0.3, 0.4) is 0 Å². The first kappa shape index (κ1) is 19.7. The SMILES string of the molecule is COOOSCS(=O)(=O)NCC(=O)OC(C)(C)C1CCCC1. The van der Waals surface area contributed by atoms with E-state index in [0.717, 1.165) is 25.7 Å². The third-order valence-corrected chi connectivity index (χ3v) is 5.86. The number of hydrogen-bond acceptors (Lipinski definition) is 8. The zero-order valence-electron chi connectivity index (χ0n) is 13.0. The van der Waals surface area contributed by atoms with Crippen molar-refractivity contribution in [3.8, 4) is 0 Å². The van der Waals surface area contributed by atoms with Gasteiger partial charge in [-0.25, -0.2) is 18.0 Å². The summed E-state index contributed by atoms with van der Waals surface area (Å²) in [6, 6.07) is 0. The second-order valence-corrected chi connectivity index (χ2v) is 8.37. The summed E-state index contributed by atoms with van der Waals surface area (Å²) in [5, 5.41) is 3.62. The summed E-state index contributed by atoms with van der Waals surface area (Å²) in [6.07, 6.45) is 4.33. The average Bonchev–Trinajstić information content (AvgIpc) is 2.96. The standard InChI is InChI=1S/C12H23NO7S2/c1-12(2,10-6-4-5-7-10)18-11(14)8-13-22(15,16)9-21-20-19-17-3/h10,13H,4-9H2,1-3H3. The summed E-state index contributed by atoms with van der Waals surface area (Å²) < 4.78 is 35.1. The van der Waals surface area contributed by atoms with Gasteiger partial charge in [-0.2, -0.15) is 0 Å². The molecule has 0 unspecified atom stereocenters. The summed E-state index contributed by atoms with van der Waals surface area (Å²) in [6.45, 7) is 3.31. The lowest BCUT2D eigenvalue weighted by Crippen LogP contribution is -2.40. The number of carbonyl (C=O) groups excluding carboxylic acids is 1. The van der Waals surface area contributed by atoms with Crippen molar-refractivity contribution >= 4 is 28.0 Å². The number of rotatable bonds is 10. The third-order valence-electron chi connectivity index (χ3n) is 3.50. The van der Waals surface area contributed by atoms with Crippen LogP contribution in [0.25, 0.3) is 0 Å². The van der Waals surface area contributed by atoms with E-state index >= 15 is 0 Å². The molecular formula is C12H23NO7S2. The lowest BCUT2D eigenvalue weighted by Gasteiger charge is -2.31. The highest BCUT2D eigenvalue weighted by atomic mass is 32.3. The molecule has 22 heavy (non-hydrogen) atoms. The molecule has 0 heterocycles. The predicted molar refractivity (Wildman–Crippen MR) is 80.7 cm³/mol. The van der Waals surface area contributed by atoms with Gasteiger partial charge < -0.3 is 4.74 Å². The minimum Gasteiger partial charge on any atom is -0.458 e. The van der Waals surface area contributed by atoms with E-state index in [-0.39, 0.29) is 0 Å². The maximum absolute atomic E-state index is 11.8. The molecule has 1 N–H and O–H groups in total. The molecule has 130 valence electrons. The van der Waals surface area contributed by atoms with Crippen molar-refractivity contribution in [3.63, 3.8) is 0 Å². The van der Waals surface area contributed by atoms with Gasteiger partial charge in [0.1, 0.15) is 17.2 Å². The maximum atomic E-state index is 11.8. The Balaban J connectivity index is 2.32. The minimum absolute atomic E-state index is 0.322. The van der Waals surface area contributed by atoms with Crippen molar-refractivity contribution in [2.75, 3.05) is 18.7 Å². The molecular weight excluding hydrogens is 334 g/mol. The topological polar surface area (TPSA) is 100 Å². The number of esters is 1. The van der Waals surface area contributed by atoms with Crippen LogP contribution in [0.2, 0.25) is 0 Å². The summed E-state index contributed by atoms with van der Waals surface area (Å²) in [5.41, 5.74) is -0.580. The number of ether oxygens (including phenoxy) is 1. The van der Waals surface area contributed by atoms with Crippen LogP contribution >= 0.6 is 12.0 Å². The Labute approximate surface area is 135 Å². The molecule has 0 amide bonds. The van der Waals surface area contributed by atoms with Crippen molar-refractivity contribution in [3.05, 3.63) is 0 Å². The molecule has 0 aromatic rings. The Bertz CT molecular complexity index is 446. The van der Waals surface area contributed by atoms with Gasteiger partial charge in [0.25, 0.3) is 0 Å². The van der Waals surface area contributed by atoms with Crippen molar-refractivity contribution in [2.24, 2.45) is 5.92 Å². The number of hydrogen-bond donors (Lipinski definition) is 1. The molecule has 0 spiro atoms. The van der Waals surface area contributed by atoms with Crippen molar-refractivity contribution in [1.82, 2.24) is 4.72 Å². The molecule has 0 aliphatic heterocycles. The highest BCUT2D eigenvalue weighted by Gasteiger charge is 2.35. The van der Waals surface area contributed by atoms with Crippen LogP contribution in [0.15, 0.2) is 0 Å². The van der Waals surface area contributed by atoms with Crippen molar-refractivity contribution < 1.29 is 32.2 Å². The van der Waals surface area contributed by atoms with E-state index in [1.807, 2.05) is 13.8 Å². The Kier molecular flexibility index (Phi) is 8.08. The van der Waals surface area contributed by atoms with Crippen molar-refractivity contribution in [2.45, 2.75) is 45.1 Å². The van der Waals surface area contributed by atoms with E-state index in [1.165, 1.54) is 7.11 Å². The van der Waals surface area contributed by atoms with E-state index in [1.54, 1.807) is 0 Å². The molecule has 0 radical (unpaired) electrons. The lowest BCUT2D eigenvalue weighted by atomic mass is 9.89. The van der Waals surface area contributed by atoms with Crippen LogP contribution in [-0.2, 0) is 33.8 Å². The van der Waals surface area contributed by atoms with Crippen LogP contribution < -0.4 is 4.72 Å². The normalized spacial score (nSPS) is 16.9. The number of sulfonamides is 1. The summed E-state index contributed by atoms with van der Waals surface area (Å²) >= 11 is 0.520. The smallest absolute Gasteiger partial charge is 0.321 e. The lowest BCUT2D eigenvalue weighted by molar-refractivity contribution is -0.447. The average molecular weight is 357 g/mol. The Morgan fingerprint density at radius 1 is 1.32 bits per heavy atom. The number of carbonyl (C=O) groups is 1. The van der Waals surface area contributed by atoms with Crippen LogP contribution in [0, 0.1) is 5.92 Å². The summed E-state index contributed by atoms with van der Waals surface area (Å²) in [4.78, 5) is 15.9. The van der Waals surface area contributed by atoms with Gasteiger partial charge in [0.15, 0.2) is 0 Å². The number of nitrogens with one attached hydrogen (secondary N) is 1. The quantitative estimate of drug-likeness (QED) is 0.207. The van der Waals surface area contributed by atoms with Gasteiger partial charge in [0, 0.05) is 0 Å². The highest BCUT2D eigenvalue weighted by molar-refractivity contribution is 8.09. The summed E-state index contributed by atoms with van der Waals surface area (Å²) in [5.74, 6) is -0.275. The van der Waals surface area contributed by atoms with E-state index in [4.69, 9.17) is 4.74 Å². The molecule has 1 aliphatic rings. The van der Waals surface area contributed by atoms with Gasteiger partial charge in [-0.3, -0.25) is 4.79 Å². The van der Waals surface area contributed by atoms with E-state index in [0.29, 0.717) is 18.0 Å².